The van der Waals surface area contributed by atoms with Crippen LogP contribution in [0.1, 0.15) is 12.5 Å². The highest BCUT2D eigenvalue weighted by atomic mass is 16.5. The fourth-order valence-electron chi connectivity index (χ4n) is 1.45. The molecule has 1 aromatic heterocycles. The van der Waals surface area contributed by atoms with Gasteiger partial charge in [-0.2, -0.15) is 5.10 Å². The molecule has 2 rings (SSSR count). The number of ether oxygens (including phenoxy) is 1. The number of rotatable bonds is 5. The lowest BCUT2D eigenvalue weighted by molar-refractivity contribution is -0.149. The molecule has 1 heterocycles. The van der Waals surface area contributed by atoms with Gasteiger partial charge in [-0.3, -0.25) is 0 Å². The third-order valence-electron chi connectivity index (χ3n) is 2.50. The predicted octanol–water partition coefficient (Wildman–Crippen LogP) is 1.86. The molecule has 1 N–H and O–H groups in total. The lowest BCUT2D eigenvalue weighted by Crippen LogP contribution is -2.19. The Morgan fingerprint density at radius 1 is 1.44 bits per heavy atom. The van der Waals surface area contributed by atoms with Gasteiger partial charge in [0.25, 0.3) is 0 Å². The molecule has 1 aromatic carbocycles. The summed E-state index contributed by atoms with van der Waals surface area (Å²) >= 11 is 0. The Hall–Kier alpha value is -2.14. The summed E-state index contributed by atoms with van der Waals surface area (Å²) in [5.41, 5.74) is 1.79. The Morgan fingerprint density at radius 3 is 2.83 bits per heavy atom. The van der Waals surface area contributed by atoms with Gasteiger partial charge < -0.3 is 9.84 Å². The van der Waals surface area contributed by atoms with Gasteiger partial charge in [0.05, 0.1) is 18.5 Å². The fourth-order valence-corrected chi connectivity index (χ4v) is 1.45. The number of aromatic nitrogens is 2. The average molecular weight is 246 g/mol. The number of benzene rings is 1. The number of carbonyl (C=O) groups is 1. The van der Waals surface area contributed by atoms with Crippen molar-refractivity contribution in [2.75, 3.05) is 0 Å². The zero-order valence-corrected chi connectivity index (χ0v) is 9.98. The van der Waals surface area contributed by atoms with Crippen molar-refractivity contribution in [3.05, 3.63) is 48.3 Å². The summed E-state index contributed by atoms with van der Waals surface area (Å²) in [5, 5.41) is 12.9. The Labute approximate surface area is 105 Å². The van der Waals surface area contributed by atoms with E-state index in [0.717, 1.165) is 11.3 Å². The van der Waals surface area contributed by atoms with Crippen LogP contribution in [0, 0.1) is 0 Å². The second kappa shape index (κ2) is 5.46. The molecule has 18 heavy (non-hydrogen) atoms. The molecule has 0 aliphatic carbocycles. The summed E-state index contributed by atoms with van der Waals surface area (Å²) in [6.07, 6.45) is 2.68. The molecule has 0 saturated heterocycles. The first-order chi connectivity index (χ1) is 8.66. The van der Waals surface area contributed by atoms with Crippen molar-refractivity contribution in [2.24, 2.45) is 0 Å². The van der Waals surface area contributed by atoms with E-state index in [4.69, 9.17) is 9.84 Å². The maximum atomic E-state index is 10.6. The van der Waals surface area contributed by atoms with Crippen LogP contribution in [0.4, 0.5) is 0 Å². The lowest BCUT2D eigenvalue weighted by Gasteiger charge is -2.06. The number of aliphatic carboxylic acids is 1. The molecule has 2 aromatic rings. The fraction of sp³-hybridized carbons (Fsp3) is 0.231. The zero-order chi connectivity index (χ0) is 13.0. The van der Waals surface area contributed by atoms with Crippen molar-refractivity contribution in [3.63, 3.8) is 0 Å². The van der Waals surface area contributed by atoms with Crippen molar-refractivity contribution in [1.82, 2.24) is 9.78 Å². The number of carboxylic acid groups (broad SMARTS) is 1. The minimum atomic E-state index is -0.967. The van der Waals surface area contributed by atoms with Gasteiger partial charge in [0.1, 0.15) is 0 Å². The molecule has 0 bridgehead atoms. The molecular weight excluding hydrogens is 232 g/mol. The molecule has 94 valence electrons. The van der Waals surface area contributed by atoms with Gasteiger partial charge in [-0.25, -0.2) is 9.48 Å². The minimum Gasteiger partial charge on any atom is -0.479 e. The van der Waals surface area contributed by atoms with Gasteiger partial charge >= 0.3 is 5.97 Å². The molecule has 0 spiro atoms. The van der Waals surface area contributed by atoms with E-state index >= 15 is 0 Å². The van der Waals surface area contributed by atoms with Gasteiger partial charge in [0.15, 0.2) is 6.10 Å². The summed E-state index contributed by atoms with van der Waals surface area (Å²) in [7, 11) is 0. The number of hydrogen-bond donors (Lipinski definition) is 1. The SMILES string of the molecule is C[C@@H](OCc1cnn(-c2ccccc2)c1)C(=O)O. The molecule has 5 nitrogen and oxygen atoms in total. The van der Waals surface area contributed by atoms with Crippen molar-refractivity contribution in [2.45, 2.75) is 19.6 Å². The number of hydrogen-bond acceptors (Lipinski definition) is 3. The molecule has 0 aliphatic heterocycles. The first-order valence-electron chi connectivity index (χ1n) is 5.60. The molecular formula is C13H14N2O3. The van der Waals surface area contributed by atoms with Crippen molar-refractivity contribution in [1.29, 1.82) is 0 Å². The van der Waals surface area contributed by atoms with Gasteiger partial charge in [0, 0.05) is 11.8 Å². The van der Waals surface area contributed by atoms with Crippen molar-refractivity contribution >= 4 is 5.97 Å². The van der Waals surface area contributed by atoms with Crippen LogP contribution < -0.4 is 0 Å². The predicted molar refractivity (Wildman–Crippen MR) is 65.5 cm³/mol. The topological polar surface area (TPSA) is 64.4 Å². The summed E-state index contributed by atoms with van der Waals surface area (Å²) in [5.74, 6) is -0.967. The third kappa shape index (κ3) is 2.95. The third-order valence-corrected chi connectivity index (χ3v) is 2.50. The quantitative estimate of drug-likeness (QED) is 0.874. The molecule has 0 amide bonds. The maximum absolute atomic E-state index is 10.6. The summed E-state index contributed by atoms with van der Waals surface area (Å²) in [6, 6.07) is 9.68. The molecule has 0 fully saturated rings. The number of nitrogens with zero attached hydrogens (tertiary/aromatic N) is 2. The first kappa shape index (κ1) is 12.3. The van der Waals surface area contributed by atoms with Crippen LogP contribution in [0.5, 0.6) is 0 Å². The molecule has 1 atom stereocenters. The zero-order valence-electron chi connectivity index (χ0n) is 9.98. The Balaban J connectivity index is 2.01. The van der Waals surface area contributed by atoms with Crippen molar-refractivity contribution in [3.8, 4) is 5.69 Å². The molecule has 0 aliphatic rings. The van der Waals surface area contributed by atoms with Gasteiger partial charge in [-0.1, -0.05) is 18.2 Å². The lowest BCUT2D eigenvalue weighted by atomic mass is 10.3. The van der Waals surface area contributed by atoms with E-state index in [1.165, 1.54) is 6.92 Å². The van der Waals surface area contributed by atoms with Gasteiger partial charge in [-0.05, 0) is 19.1 Å². The van der Waals surface area contributed by atoms with E-state index in [1.807, 2.05) is 36.5 Å². The monoisotopic (exact) mass is 246 g/mol. The Kier molecular flexibility index (Phi) is 3.74. The molecule has 0 radical (unpaired) electrons. The Morgan fingerprint density at radius 2 is 2.17 bits per heavy atom. The summed E-state index contributed by atoms with van der Waals surface area (Å²) in [4.78, 5) is 10.6. The van der Waals surface area contributed by atoms with Crippen LogP contribution in [-0.2, 0) is 16.1 Å². The molecule has 0 saturated carbocycles. The average Bonchev–Trinajstić information content (AvgIpc) is 2.85. The highest BCUT2D eigenvalue weighted by Crippen LogP contribution is 2.09. The maximum Gasteiger partial charge on any atom is 0.332 e. The van der Waals surface area contributed by atoms with Crippen LogP contribution in [0.25, 0.3) is 5.69 Å². The standard InChI is InChI=1S/C13H14N2O3/c1-10(13(16)17)18-9-11-7-14-15(8-11)12-5-3-2-4-6-12/h2-8,10H,9H2,1H3,(H,16,17)/t10-/m1/s1. The normalized spacial score (nSPS) is 12.3. The second-order valence-corrected chi connectivity index (χ2v) is 3.92. The smallest absolute Gasteiger partial charge is 0.332 e. The van der Waals surface area contributed by atoms with Crippen molar-refractivity contribution < 1.29 is 14.6 Å². The number of carboxylic acids is 1. The number of para-hydroxylation sites is 1. The molecule has 0 unspecified atom stereocenters. The van der Waals surface area contributed by atoms with E-state index in [0.29, 0.717) is 0 Å². The van der Waals surface area contributed by atoms with Crippen LogP contribution in [0.2, 0.25) is 0 Å². The second-order valence-electron chi connectivity index (χ2n) is 3.92. The van der Waals surface area contributed by atoms with Crippen LogP contribution in [0.3, 0.4) is 0 Å². The largest absolute Gasteiger partial charge is 0.479 e. The van der Waals surface area contributed by atoms with E-state index in [2.05, 4.69) is 5.10 Å². The highest BCUT2D eigenvalue weighted by molar-refractivity contribution is 5.71. The van der Waals surface area contributed by atoms with E-state index in [-0.39, 0.29) is 6.61 Å². The summed E-state index contributed by atoms with van der Waals surface area (Å²) in [6.45, 7) is 1.74. The highest BCUT2D eigenvalue weighted by Gasteiger charge is 2.11. The van der Waals surface area contributed by atoms with E-state index in [1.54, 1.807) is 10.9 Å². The Bertz CT molecular complexity index is 522. The first-order valence-corrected chi connectivity index (χ1v) is 5.60. The van der Waals surface area contributed by atoms with Gasteiger partial charge in [-0.15, -0.1) is 0 Å². The van der Waals surface area contributed by atoms with Crippen LogP contribution in [0.15, 0.2) is 42.7 Å². The molecule has 5 heteroatoms. The van der Waals surface area contributed by atoms with Gasteiger partial charge in [0.2, 0.25) is 0 Å². The summed E-state index contributed by atoms with van der Waals surface area (Å²) < 4.78 is 6.91. The van der Waals surface area contributed by atoms with Crippen LogP contribution in [-0.4, -0.2) is 27.0 Å². The van der Waals surface area contributed by atoms with E-state index < -0.39 is 12.1 Å². The van der Waals surface area contributed by atoms with Crippen LogP contribution >= 0.6 is 0 Å². The van der Waals surface area contributed by atoms with E-state index in [9.17, 15) is 4.79 Å². The minimum absolute atomic E-state index is 0.236.